The van der Waals surface area contributed by atoms with Gasteiger partial charge in [0.1, 0.15) is 0 Å². The highest BCUT2D eigenvalue weighted by Gasteiger charge is 1.76. The summed E-state index contributed by atoms with van der Waals surface area (Å²) >= 11 is 0. The van der Waals surface area contributed by atoms with Gasteiger partial charge in [-0.1, -0.05) is 11.6 Å². The lowest BCUT2D eigenvalue weighted by atomic mass is 10.4. The summed E-state index contributed by atoms with van der Waals surface area (Å²) in [6, 6.07) is 0. The van der Waals surface area contributed by atoms with Gasteiger partial charge in [0.25, 0.3) is 0 Å². The molecule has 0 atom stereocenters. The normalized spacial score (nSPS) is 8.30. The fourth-order valence-electron chi connectivity index (χ4n) is 0.143. The van der Waals surface area contributed by atoms with Crippen molar-refractivity contribution in [1.82, 2.24) is 0 Å². The van der Waals surface area contributed by atoms with Crippen molar-refractivity contribution in [2.45, 2.75) is 20.8 Å². The van der Waals surface area contributed by atoms with E-state index in [4.69, 9.17) is 5.11 Å². The van der Waals surface area contributed by atoms with Crippen molar-refractivity contribution in [3.8, 4) is 0 Å². The van der Waals surface area contributed by atoms with E-state index in [-0.39, 0.29) is 0 Å². The van der Waals surface area contributed by atoms with E-state index in [0.29, 0.717) is 0 Å². The number of rotatable bonds is 1. The molecule has 0 unspecified atom stereocenters. The quantitative estimate of drug-likeness (QED) is 0.450. The third-order valence-electron chi connectivity index (χ3n) is 0.309. The molecule has 0 radical (unpaired) electrons. The van der Waals surface area contributed by atoms with E-state index in [2.05, 4.69) is 6.58 Å². The Morgan fingerprint density at radius 3 is 1.80 bits per heavy atom. The van der Waals surface area contributed by atoms with Crippen molar-refractivity contribution in [2.24, 2.45) is 0 Å². The molecular weight excluding hydrogens is 128 g/mol. The van der Waals surface area contributed by atoms with Gasteiger partial charge < -0.3 is 5.11 Å². The topological polar surface area (TPSA) is 37.3 Å². The minimum atomic E-state index is -0.891. The van der Waals surface area contributed by atoms with Gasteiger partial charge in [0.2, 0.25) is 0 Å². The second-order valence-corrected chi connectivity index (χ2v) is 2.05. The molecule has 0 bridgehead atoms. The molecule has 0 aliphatic rings. The zero-order chi connectivity index (χ0) is 8.57. The summed E-state index contributed by atoms with van der Waals surface area (Å²) in [5, 5.41) is 7.83. The number of hydrogen-bond donors (Lipinski definition) is 1. The van der Waals surface area contributed by atoms with Crippen LogP contribution in [0.25, 0.3) is 0 Å². The Bertz CT molecular complexity index is 130. The fraction of sp³-hybridized carbons (Fsp3) is 0.375. The maximum absolute atomic E-state index is 9.51. The van der Waals surface area contributed by atoms with Crippen LogP contribution in [0.15, 0.2) is 24.3 Å². The van der Waals surface area contributed by atoms with Gasteiger partial charge in [-0.3, -0.25) is 0 Å². The zero-order valence-corrected chi connectivity index (χ0v) is 6.72. The average molecular weight is 142 g/mol. The molecule has 0 amide bonds. The van der Waals surface area contributed by atoms with Gasteiger partial charge in [0, 0.05) is 6.08 Å². The molecule has 0 aromatic carbocycles. The van der Waals surface area contributed by atoms with Crippen LogP contribution in [-0.2, 0) is 4.79 Å². The Morgan fingerprint density at radius 1 is 1.50 bits per heavy atom. The Hall–Kier alpha value is -1.05. The van der Waals surface area contributed by atoms with Gasteiger partial charge in [-0.25, -0.2) is 4.79 Å². The minimum Gasteiger partial charge on any atom is -0.478 e. The summed E-state index contributed by atoms with van der Waals surface area (Å²) in [5.74, 6) is -0.891. The molecule has 0 saturated carbocycles. The lowest BCUT2D eigenvalue weighted by Gasteiger charge is -1.68. The first kappa shape index (κ1) is 11.7. The molecule has 0 aliphatic heterocycles. The van der Waals surface area contributed by atoms with Gasteiger partial charge in [-0.2, -0.15) is 0 Å². The highest BCUT2D eigenvalue weighted by molar-refractivity contribution is 5.79. The molecule has 58 valence electrons. The van der Waals surface area contributed by atoms with E-state index in [1.807, 2.05) is 13.8 Å². The minimum absolute atomic E-state index is 0.891. The standard InChI is InChI=1S/C4H6O2.C4H8/c1-2-3-4(5)6;1-4(2)3/h2-3H,1H3,(H,5,6);1H2,2-3H3/b3-2+;. The summed E-state index contributed by atoms with van der Waals surface area (Å²) in [4.78, 5) is 9.51. The second-order valence-electron chi connectivity index (χ2n) is 2.05. The van der Waals surface area contributed by atoms with Gasteiger partial charge in [0.05, 0.1) is 0 Å². The van der Waals surface area contributed by atoms with Crippen LogP contribution in [0, 0.1) is 0 Å². The maximum Gasteiger partial charge on any atom is 0.327 e. The fourth-order valence-corrected chi connectivity index (χ4v) is 0.143. The predicted octanol–water partition coefficient (Wildman–Crippen LogP) is 2.23. The maximum atomic E-state index is 9.51. The van der Waals surface area contributed by atoms with Crippen LogP contribution >= 0.6 is 0 Å². The van der Waals surface area contributed by atoms with Crippen molar-refractivity contribution in [2.75, 3.05) is 0 Å². The SMILES string of the molecule is C/C=C/C(=O)O.C=C(C)C. The van der Waals surface area contributed by atoms with Gasteiger partial charge in [0.15, 0.2) is 0 Å². The average Bonchev–Trinajstić information content (AvgIpc) is 1.62. The Labute approximate surface area is 61.9 Å². The van der Waals surface area contributed by atoms with Gasteiger partial charge in [-0.05, 0) is 20.8 Å². The Morgan fingerprint density at radius 2 is 1.80 bits per heavy atom. The summed E-state index contributed by atoms with van der Waals surface area (Å²) in [6.45, 7) is 9.16. The molecule has 0 saturated heterocycles. The third kappa shape index (κ3) is 64.7. The van der Waals surface area contributed by atoms with Crippen LogP contribution < -0.4 is 0 Å². The van der Waals surface area contributed by atoms with E-state index in [1.165, 1.54) is 11.6 Å². The summed E-state index contributed by atoms with van der Waals surface area (Å²) in [6.07, 6.45) is 2.56. The summed E-state index contributed by atoms with van der Waals surface area (Å²) in [7, 11) is 0. The summed E-state index contributed by atoms with van der Waals surface area (Å²) < 4.78 is 0. The van der Waals surface area contributed by atoms with Crippen molar-refractivity contribution in [1.29, 1.82) is 0 Å². The molecule has 2 heteroatoms. The molecule has 0 rings (SSSR count). The first-order valence-corrected chi connectivity index (χ1v) is 2.98. The van der Waals surface area contributed by atoms with Crippen LogP contribution in [0.5, 0.6) is 0 Å². The van der Waals surface area contributed by atoms with Gasteiger partial charge in [-0.15, -0.1) is 6.58 Å². The summed E-state index contributed by atoms with van der Waals surface area (Å²) in [5.41, 5.74) is 1.17. The van der Waals surface area contributed by atoms with E-state index in [9.17, 15) is 4.79 Å². The highest BCUT2D eigenvalue weighted by atomic mass is 16.4. The molecule has 1 N–H and O–H groups in total. The molecule has 0 spiro atoms. The monoisotopic (exact) mass is 142 g/mol. The first-order chi connectivity index (χ1) is 4.50. The molecule has 2 nitrogen and oxygen atoms in total. The number of carbonyl (C=O) groups is 1. The number of carboxylic acid groups (broad SMARTS) is 1. The molecular formula is C8H14O2. The van der Waals surface area contributed by atoms with E-state index < -0.39 is 5.97 Å². The van der Waals surface area contributed by atoms with Crippen molar-refractivity contribution < 1.29 is 9.90 Å². The van der Waals surface area contributed by atoms with Gasteiger partial charge >= 0.3 is 5.97 Å². The zero-order valence-electron chi connectivity index (χ0n) is 6.72. The van der Waals surface area contributed by atoms with Crippen LogP contribution in [-0.4, -0.2) is 11.1 Å². The first-order valence-electron chi connectivity index (χ1n) is 2.98. The van der Waals surface area contributed by atoms with Crippen molar-refractivity contribution in [3.05, 3.63) is 24.3 Å². The Kier molecular flexibility index (Phi) is 9.31. The van der Waals surface area contributed by atoms with Crippen LogP contribution in [0.1, 0.15) is 20.8 Å². The largest absolute Gasteiger partial charge is 0.478 e. The Balaban J connectivity index is 0. The van der Waals surface area contributed by atoms with Crippen LogP contribution in [0.3, 0.4) is 0 Å². The number of carboxylic acids is 1. The van der Waals surface area contributed by atoms with Crippen LogP contribution in [0.2, 0.25) is 0 Å². The second kappa shape index (κ2) is 7.95. The number of hydrogen-bond acceptors (Lipinski definition) is 1. The molecule has 0 heterocycles. The van der Waals surface area contributed by atoms with Crippen molar-refractivity contribution >= 4 is 5.97 Å². The van der Waals surface area contributed by atoms with E-state index in [0.717, 1.165) is 6.08 Å². The number of allylic oxidation sites excluding steroid dienone is 2. The highest BCUT2D eigenvalue weighted by Crippen LogP contribution is 1.73. The smallest absolute Gasteiger partial charge is 0.327 e. The van der Waals surface area contributed by atoms with E-state index >= 15 is 0 Å². The molecule has 10 heavy (non-hydrogen) atoms. The third-order valence-corrected chi connectivity index (χ3v) is 0.309. The molecule has 0 aromatic rings. The number of aliphatic carboxylic acids is 1. The molecule has 0 aliphatic carbocycles. The molecule has 0 aromatic heterocycles. The predicted molar refractivity (Wildman–Crippen MR) is 42.9 cm³/mol. The van der Waals surface area contributed by atoms with Crippen molar-refractivity contribution in [3.63, 3.8) is 0 Å². The van der Waals surface area contributed by atoms with E-state index in [1.54, 1.807) is 6.92 Å². The van der Waals surface area contributed by atoms with Crippen LogP contribution in [0.4, 0.5) is 0 Å². The lowest BCUT2D eigenvalue weighted by Crippen LogP contribution is -1.83. The lowest BCUT2D eigenvalue weighted by molar-refractivity contribution is -0.131. The molecule has 0 fully saturated rings.